The maximum atomic E-state index is 3.00. The maximum absolute atomic E-state index is 3.00. The fraction of sp³-hybridized carbons (Fsp3) is 0. The minimum Gasteiger partial charge on any atom is -0.106 e. The Morgan fingerprint density at radius 1 is 1.00 bits per heavy atom. The van der Waals surface area contributed by atoms with Gasteiger partial charge in [0.15, 0.2) is 0 Å². The Hall–Kier alpha value is 1.20. The number of rotatable bonds is 0. The summed E-state index contributed by atoms with van der Waals surface area (Å²) in [6.07, 6.45) is 0. The lowest BCUT2D eigenvalue weighted by Gasteiger charge is -1.000. The maximum Gasteiger partial charge on any atom is 0 e. The molecule has 0 aliphatic carbocycles. The van der Waals surface area contributed by atoms with Gasteiger partial charge in [-0.1, -0.05) is 0 Å². The molecular formula is C2H4I2. The molecule has 0 unspecified atom stereocenters. The van der Waals surface area contributed by atoms with Crippen molar-refractivity contribution >= 4 is 37.2 Å². The van der Waals surface area contributed by atoms with Gasteiger partial charge in [0.2, 0.25) is 0 Å². The smallest absolute Gasteiger partial charge is 0 e. The van der Waals surface area contributed by atoms with E-state index in [1.54, 1.807) is 0 Å². The highest BCUT2D eigenvalue weighted by atomic mass is 128. The number of halogens is 2. The summed E-state index contributed by atoms with van der Waals surface area (Å²) < 4.78 is 0. The fourth-order valence-corrected chi connectivity index (χ4v) is 0. The van der Waals surface area contributed by atoms with Gasteiger partial charge in [-0.25, -0.2) is 0 Å². The van der Waals surface area contributed by atoms with E-state index in [0.29, 0.717) is 0 Å². The third-order valence-electron chi connectivity index (χ3n) is 0. The first-order valence-corrected chi connectivity index (χ1v) is 6.93. The van der Waals surface area contributed by atoms with Crippen molar-refractivity contribution in [2.24, 2.45) is 0 Å². The van der Waals surface area contributed by atoms with Crippen LogP contribution < -0.4 is 0 Å². The Kier molecular flexibility index (Phi) is 66.9. The molecule has 0 spiro atoms. The van der Waals surface area contributed by atoms with Gasteiger partial charge in [-0.15, -0.1) is 13.2 Å². The quantitative estimate of drug-likeness (QED) is 0.473. The van der Waals surface area contributed by atoms with Crippen LogP contribution in [-0.2, 0) is 0 Å². The lowest BCUT2D eigenvalue weighted by atomic mass is 11.3. The predicted molar refractivity (Wildman–Crippen MR) is 39.3 cm³/mol. The van der Waals surface area contributed by atoms with Gasteiger partial charge in [-0.2, -0.15) is 0 Å². The average Bonchev–Trinajstić information content (AvgIpc) is 1.50. The predicted octanol–water partition coefficient (Wildman–Crippen LogP) is 2.57. The lowest BCUT2D eigenvalue weighted by Crippen LogP contribution is -0.552. The SMILES string of the molecule is C=C.II. The van der Waals surface area contributed by atoms with Gasteiger partial charge in [0, 0.05) is 37.2 Å². The number of hydrogen-bond donors (Lipinski definition) is 0. The zero-order valence-corrected chi connectivity index (χ0v) is 6.49. The van der Waals surface area contributed by atoms with Crippen LogP contribution >= 0.6 is 37.2 Å². The molecule has 0 nitrogen and oxygen atoms in total. The molecule has 0 saturated carbocycles. The highest BCUT2D eigenvalue weighted by Gasteiger charge is 1.00. The van der Waals surface area contributed by atoms with Gasteiger partial charge >= 0.3 is 0 Å². The molecule has 0 fully saturated rings. The second kappa shape index (κ2) is 29.9. The first-order valence-electron chi connectivity index (χ1n) is 0.643. The Balaban J connectivity index is 0. The summed E-state index contributed by atoms with van der Waals surface area (Å²) in [7, 11) is 0. The molecule has 0 saturated heterocycles. The second-order valence-electron chi connectivity index (χ2n) is 0. The zero-order chi connectivity index (χ0) is 4.00. The van der Waals surface area contributed by atoms with Crippen molar-refractivity contribution in [3.63, 3.8) is 0 Å². The first kappa shape index (κ1) is 8.96. The van der Waals surface area contributed by atoms with Crippen molar-refractivity contribution in [2.75, 3.05) is 0 Å². The van der Waals surface area contributed by atoms with E-state index in [9.17, 15) is 0 Å². The van der Waals surface area contributed by atoms with Crippen LogP contribution in [0.4, 0.5) is 0 Å². The van der Waals surface area contributed by atoms with Crippen LogP contribution in [0.2, 0.25) is 0 Å². The summed E-state index contributed by atoms with van der Waals surface area (Å²) in [6, 6.07) is 0. The Bertz CT molecular complexity index is 4.00. The van der Waals surface area contributed by atoms with E-state index in [0.717, 1.165) is 0 Å². The van der Waals surface area contributed by atoms with Crippen molar-refractivity contribution in [1.82, 2.24) is 0 Å². The molecule has 2 heteroatoms. The molecule has 0 N–H and O–H groups in total. The van der Waals surface area contributed by atoms with Crippen LogP contribution in [0.25, 0.3) is 0 Å². The molecular weight excluding hydrogens is 278 g/mol. The summed E-state index contributed by atoms with van der Waals surface area (Å²) in [5, 5.41) is 0. The normalized spacial score (nSPS) is 2.50. The second-order valence-corrected chi connectivity index (χ2v) is 0. The van der Waals surface area contributed by atoms with E-state index in [4.69, 9.17) is 0 Å². The van der Waals surface area contributed by atoms with Crippen molar-refractivity contribution in [3.05, 3.63) is 13.2 Å². The molecule has 0 aliphatic rings. The van der Waals surface area contributed by atoms with Crippen molar-refractivity contribution in [1.29, 1.82) is 0 Å². The lowest BCUT2D eigenvalue weighted by molar-refractivity contribution is 2.81. The molecule has 0 aromatic carbocycles. The molecule has 0 bridgehead atoms. The highest BCUT2D eigenvalue weighted by molar-refractivity contribution is 15.0. The Labute approximate surface area is 50.0 Å². The van der Waals surface area contributed by atoms with Gasteiger partial charge in [-0.3, -0.25) is 0 Å². The molecule has 0 aromatic rings. The third-order valence-corrected chi connectivity index (χ3v) is 0. The van der Waals surface area contributed by atoms with Crippen LogP contribution in [0.1, 0.15) is 0 Å². The van der Waals surface area contributed by atoms with Crippen LogP contribution in [0.5, 0.6) is 0 Å². The number of hydrogen-bond acceptors (Lipinski definition) is 0. The summed E-state index contributed by atoms with van der Waals surface area (Å²) in [5.41, 5.74) is 0. The molecule has 0 aliphatic heterocycles. The topological polar surface area (TPSA) is 0 Å². The van der Waals surface area contributed by atoms with Crippen LogP contribution in [0.3, 0.4) is 0 Å². The van der Waals surface area contributed by atoms with Crippen LogP contribution in [0, 0.1) is 0 Å². The molecule has 0 aromatic heterocycles. The summed E-state index contributed by atoms with van der Waals surface area (Å²) in [6.45, 7) is 6.00. The summed E-state index contributed by atoms with van der Waals surface area (Å²) in [5.74, 6) is 0. The van der Waals surface area contributed by atoms with E-state index < -0.39 is 0 Å². The molecule has 26 valence electrons. The zero-order valence-electron chi connectivity index (χ0n) is 2.17. The summed E-state index contributed by atoms with van der Waals surface area (Å²) in [4.78, 5) is 0. The van der Waals surface area contributed by atoms with Crippen LogP contribution in [-0.4, -0.2) is 0 Å². The van der Waals surface area contributed by atoms with E-state index in [2.05, 4.69) is 50.4 Å². The van der Waals surface area contributed by atoms with Gasteiger partial charge in [0.25, 0.3) is 0 Å². The van der Waals surface area contributed by atoms with E-state index >= 15 is 0 Å². The van der Waals surface area contributed by atoms with Crippen molar-refractivity contribution in [3.8, 4) is 0 Å². The van der Waals surface area contributed by atoms with E-state index in [1.165, 1.54) is 0 Å². The average molecular weight is 282 g/mol. The minimum absolute atomic E-state index is 2.12. The Morgan fingerprint density at radius 2 is 1.00 bits per heavy atom. The fourth-order valence-electron chi connectivity index (χ4n) is 0. The minimum atomic E-state index is 2.12. The molecule has 0 amide bonds. The summed E-state index contributed by atoms with van der Waals surface area (Å²) >= 11 is 4.24. The standard InChI is InChI=1S/C2H4.I2/c2*1-2/h1-2H2;. The van der Waals surface area contributed by atoms with Gasteiger partial charge in [-0.05, 0) is 0 Å². The highest BCUT2D eigenvalue weighted by Crippen LogP contribution is 1.89. The van der Waals surface area contributed by atoms with Crippen molar-refractivity contribution in [2.45, 2.75) is 0 Å². The van der Waals surface area contributed by atoms with Gasteiger partial charge in [0.05, 0.1) is 0 Å². The largest absolute Gasteiger partial charge is 0.106 e. The van der Waals surface area contributed by atoms with Crippen LogP contribution in [0.15, 0.2) is 13.2 Å². The Morgan fingerprint density at radius 3 is 1.00 bits per heavy atom. The molecule has 0 atom stereocenters. The third kappa shape index (κ3) is 10.8. The monoisotopic (exact) mass is 282 g/mol. The molecule has 4 heavy (non-hydrogen) atoms. The molecule has 0 rings (SSSR count). The van der Waals surface area contributed by atoms with Gasteiger partial charge in [0.1, 0.15) is 0 Å². The van der Waals surface area contributed by atoms with E-state index in [-0.39, 0.29) is 0 Å². The molecule has 0 radical (unpaired) electrons. The van der Waals surface area contributed by atoms with E-state index in [1.807, 2.05) is 0 Å². The molecule has 0 heterocycles. The van der Waals surface area contributed by atoms with Gasteiger partial charge < -0.3 is 0 Å². The van der Waals surface area contributed by atoms with Crippen molar-refractivity contribution < 1.29 is 0 Å². The first-order chi connectivity index (χ1) is 2.00.